The van der Waals surface area contributed by atoms with Crippen LogP contribution < -0.4 is 0 Å². The van der Waals surface area contributed by atoms with Crippen LogP contribution in [0.25, 0.3) is 0 Å². The Labute approximate surface area is 124 Å². The molecular weight excluding hydrogens is 272 g/mol. The fraction of sp³-hybridized carbons (Fsp3) is 0.467. The van der Waals surface area contributed by atoms with E-state index in [0.29, 0.717) is 19.6 Å². The zero-order chi connectivity index (χ0) is 15.1. The van der Waals surface area contributed by atoms with Gasteiger partial charge in [-0.1, -0.05) is 35.5 Å². The number of methoxy groups -OCH3 is 1. The van der Waals surface area contributed by atoms with E-state index in [2.05, 4.69) is 5.16 Å². The van der Waals surface area contributed by atoms with Gasteiger partial charge in [0.1, 0.15) is 0 Å². The van der Waals surface area contributed by atoms with E-state index in [4.69, 9.17) is 14.7 Å². The molecule has 21 heavy (non-hydrogen) atoms. The Morgan fingerprint density at radius 2 is 2.19 bits per heavy atom. The number of amides is 1. The van der Waals surface area contributed by atoms with E-state index in [9.17, 15) is 4.79 Å². The summed E-state index contributed by atoms with van der Waals surface area (Å²) in [7, 11) is 1.57. The maximum atomic E-state index is 12.4. The summed E-state index contributed by atoms with van der Waals surface area (Å²) in [5.74, 6) is -0.171. The Kier molecular flexibility index (Phi) is 5.71. The number of nitrogens with zero attached hydrogens (tertiary/aromatic N) is 2. The minimum Gasteiger partial charge on any atom is -0.395 e. The number of aliphatic hydroxyl groups excluding tert-OH is 1. The summed E-state index contributed by atoms with van der Waals surface area (Å²) in [5, 5.41) is 13.1. The molecule has 1 N–H and O–H groups in total. The Balaban J connectivity index is 1.95. The number of ether oxygens (including phenoxy) is 1. The molecule has 0 aliphatic carbocycles. The minimum absolute atomic E-state index is 0.0887. The van der Waals surface area contributed by atoms with Gasteiger partial charge in [0.25, 0.3) is 5.91 Å². The van der Waals surface area contributed by atoms with Gasteiger partial charge >= 0.3 is 0 Å². The van der Waals surface area contributed by atoms with Crippen LogP contribution in [0.5, 0.6) is 0 Å². The largest absolute Gasteiger partial charge is 0.395 e. The van der Waals surface area contributed by atoms with E-state index < -0.39 is 6.10 Å². The summed E-state index contributed by atoms with van der Waals surface area (Å²) in [6.07, 6.45) is -0.179. The Hall–Kier alpha value is -1.92. The van der Waals surface area contributed by atoms with Crippen LogP contribution in [0.1, 0.15) is 12.0 Å². The lowest BCUT2D eigenvalue weighted by atomic mass is 10.0. The van der Waals surface area contributed by atoms with Crippen LogP contribution in [0, 0.1) is 0 Å². The zero-order valence-electron chi connectivity index (χ0n) is 12.1. The molecule has 1 aliphatic heterocycles. The molecule has 0 spiro atoms. The van der Waals surface area contributed by atoms with Gasteiger partial charge in [0, 0.05) is 26.6 Å². The van der Waals surface area contributed by atoms with Crippen molar-refractivity contribution in [2.24, 2.45) is 5.16 Å². The van der Waals surface area contributed by atoms with Crippen molar-refractivity contribution >= 4 is 11.6 Å². The average molecular weight is 292 g/mol. The van der Waals surface area contributed by atoms with Crippen molar-refractivity contribution in [3.05, 3.63) is 35.9 Å². The van der Waals surface area contributed by atoms with E-state index in [0.717, 1.165) is 11.3 Å². The molecule has 114 valence electrons. The van der Waals surface area contributed by atoms with Crippen LogP contribution in [0.2, 0.25) is 0 Å². The van der Waals surface area contributed by atoms with Gasteiger partial charge in [-0.25, -0.2) is 0 Å². The molecule has 1 aromatic rings. The number of carbonyl (C=O) groups is 1. The molecule has 2 rings (SSSR count). The van der Waals surface area contributed by atoms with E-state index in [-0.39, 0.29) is 19.1 Å². The third-order valence-corrected chi connectivity index (χ3v) is 3.30. The van der Waals surface area contributed by atoms with Gasteiger partial charge < -0.3 is 19.6 Å². The standard InChI is InChI=1S/C15H20N2O4/c1-20-10-8-17(7-9-18)15(19)14-11-13(16-21-14)12-5-3-2-4-6-12/h2-6,14,18H,7-11H2,1H3. The lowest BCUT2D eigenvalue weighted by Gasteiger charge is -2.23. The van der Waals surface area contributed by atoms with Crippen molar-refractivity contribution in [2.45, 2.75) is 12.5 Å². The van der Waals surface area contributed by atoms with E-state index in [1.807, 2.05) is 30.3 Å². The third kappa shape index (κ3) is 4.03. The molecule has 0 saturated heterocycles. The molecule has 1 amide bonds. The van der Waals surface area contributed by atoms with Crippen molar-refractivity contribution in [1.29, 1.82) is 0 Å². The van der Waals surface area contributed by atoms with Crippen LogP contribution >= 0.6 is 0 Å². The first-order valence-electron chi connectivity index (χ1n) is 6.93. The lowest BCUT2D eigenvalue weighted by Crippen LogP contribution is -2.42. The summed E-state index contributed by atoms with van der Waals surface area (Å²) >= 11 is 0. The highest BCUT2D eigenvalue weighted by atomic mass is 16.6. The quantitative estimate of drug-likeness (QED) is 0.801. The fourth-order valence-corrected chi connectivity index (χ4v) is 2.17. The van der Waals surface area contributed by atoms with Crippen molar-refractivity contribution < 1.29 is 19.5 Å². The molecule has 1 aliphatic rings. The van der Waals surface area contributed by atoms with Crippen LogP contribution in [-0.2, 0) is 14.4 Å². The first kappa shape index (κ1) is 15.5. The Morgan fingerprint density at radius 3 is 2.86 bits per heavy atom. The summed E-state index contributed by atoms with van der Waals surface area (Å²) < 4.78 is 4.98. The van der Waals surface area contributed by atoms with Gasteiger partial charge in [-0.15, -0.1) is 0 Å². The number of carbonyl (C=O) groups excluding carboxylic acids is 1. The molecule has 0 aromatic heterocycles. The van der Waals surface area contributed by atoms with Gasteiger partial charge in [0.2, 0.25) is 6.10 Å². The number of hydrogen-bond donors (Lipinski definition) is 1. The highest BCUT2D eigenvalue weighted by molar-refractivity contribution is 6.04. The summed E-state index contributed by atoms with van der Waals surface area (Å²) in [5.41, 5.74) is 1.73. The number of hydrogen-bond acceptors (Lipinski definition) is 5. The fourth-order valence-electron chi connectivity index (χ4n) is 2.17. The number of oxime groups is 1. The number of benzene rings is 1. The molecule has 1 unspecified atom stereocenters. The second-order valence-corrected chi connectivity index (χ2v) is 4.74. The predicted molar refractivity (Wildman–Crippen MR) is 78.0 cm³/mol. The van der Waals surface area contributed by atoms with Gasteiger partial charge in [0.05, 0.1) is 18.9 Å². The van der Waals surface area contributed by atoms with E-state index >= 15 is 0 Å². The summed E-state index contributed by atoms with van der Waals surface area (Å²) in [6.45, 7) is 1.03. The number of rotatable bonds is 7. The first-order valence-corrected chi connectivity index (χ1v) is 6.93. The highest BCUT2D eigenvalue weighted by Crippen LogP contribution is 2.18. The van der Waals surface area contributed by atoms with Crippen molar-refractivity contribution in [1.82, 2.24) is 4.90 Å². The third-order valence-electron chi connectivity index (χ3n) is 3.30. The second kappa shape index (κ2) is 7.75. The van der Waals surface area contributed by atoms with Gasteiger partial charge in [-0.3, -0.25) is 4.79 Å². The molecule has 1 heterocycles. The van der Waals surface area contributed by atoms with Gasteiger partial charge in [-0.05, 0) is 5.56 Å². The normalized spacial score (nSPS) is 17.2. The van der Waals surface area contributed by atoms with Crippen molar-refractivity contribution in [2.75, 3.05) is 33.4 Å². The molecule has 0 bridgehead atoms. The average Bonchev–Trinajstić information content (AvgIpc) is 3.01. The molecule has 1 aromatic carbocycles. The van der Waals surface area contributed by atoms with Crippen LogP contribution in [-0.4, -0.2) is 61.1 Å². The lowest BCUT2D eigenvalue weighted by molar-refractivity contribution is -0.143. The summed E-state index contributed by atoms with van der Waals surface area (Å²) in [4.78, 5) is 19.2. The number of aliphatic hydroxyl groups is 1. The molecule has 0 fully saturated rings. The Bertz CT molecular complexity index is 490. The van der Waals surface area contributed by atoms with Crippen molar-refractivity contribution in [3.63, 3.8) is 0 Å². The van der Waals surface area contributed by atoms with Crippen LogP contribution in [0.3, 0.4) is 0 Å². The predicted octanol–water partition coefficient (Wildman–Crippen LogP) is 0.647. The van der Waals surface area contributed by atoms with Crippen molar-refractivity contribution in [3.8, 4) is 0 Å². The SMILES string of the molecule is COCCN(CCO)C(=O)C1CC(c2ccccc2)=NO1. The Morgan fingerprint density at radius 1 is 1.43 bits per heavy atom. The van der Waals surface area contributed by atoms with E-state index in [1.54, 1.807) is 7.11 Å². The van der Waals surface area contributed by atoms with Gasteiger partial charge in [0.15, 0.2) is 0 Å². The maximum Gasteiger partial charge on any atom is 0.267 e. The van der Waals surface area contributed by atoms with E-state index in [1.165, 1.54) is 4.90 Å². The zero-order valence-corrected chi connectivity index (χ0v) is 12.1. The molecule has 6 nitrogen and oxygen atoms in total. The molecular formula is C15H20N2O4. The first-order chi connectivity index (χ1) is 10.3. The molecule has 1 atom stereocenters. The molecule has 6 heteroatoms. The second-order valence-electron chi connectivity index (χ2n) is 4.74. The monoisotopic (exact) mass is 292 g/mol. The van der Waals surface area contributed by atoms with Crippen LogP contribution in [0.4, 0.5) is 0 Å². The molecule has 0 radical (unpaired) electrons. The summed E-state index contributed by atoms with van der Waals surface area (Å²) in [6, 6.07) is 9.64. The maximum absolute atomic E-state index is 12.4. The highest BCUT2D eigenvalue weighted by Gasteiger charge is 2.32. The molecule has 0 saturated carbocycles. The van der Waals surface area contributed by atoms with Crippen LogP contribution in [0.15, 0.2) is 35.5 Å². The van der Waals surface area contributed by atoms with Gasteiger partial charge in [-0.2, -0.15) is 0 Å². The topological polar surface area (TPSA) is 71.4 Å². The smallest absolute Gasteiger partial charge is 0.267 e. The minimum atomic E-state index is -0.622.